The summed E-state index contributed by atoms with van der Waals surface area (Å²) in [5.41, 5.74) is 0. The zero-order chi connectivity index (χ0) is 11.6. The Balaban J connectivity index is 2.15. The van der Waals surface area contributed by atoms with E-state index in [0.717, 1.165) is 5.75 Å². The minimum Gasteiger partial charge on any atom is -0.493 e. The molecule has 0 saturated heterocycles. The molecule has 0 saturated carbocycles. The van der Waals surface area contributed by atoms with Gasteiger partial charge in [-0.1, -0.05) is 24.3 Å². The maximum Gasteiger partial charge on any atom is 0.330 e. The highest BCUT2D eigenvalue weighted by molar-refractivity contribution is 5.81. The Morgan fingerprint density at radius 2 is 2.06 bits per heavy atom. The van der Waals surface area contributed by atoms with E-state index in [1.54, 1.807) is 13.0 Å². The van der Waals surface area contributed by atoms with Crippen LogP contribution in [0.5, 0.6) is 5.75 Å². The molecule has 0 unspecified atom stereocenters. The number of carbonyl (C=O) groups is 1. The van der Waals surface area contributed by atoms with Gasteiger partial charge in [-0.15, -0.1) is 0 Å². The van der Waals surface area contributed by atoms with Gasteiger partial charge in [0.1, 0.15) is 5.75 Å². The van der Waals surface area contributed by atoms with E-state index in [0.29, 0.717) is 19.6 Å². The maximum absolute atomic E-state index is 10.9. The number of hydrogen-bond donors (Lipinski definition) is 0. The topological polar surface area (TPSA) is 35.5 Å². The van der Waals surface area contributed by atoms with Crippen LogP contribution < -0.4 is 4.74 Å². The van der Waals surface area contributed by atoms with Gasteiger partial charge in [0.15, 0.2) is 0 Å². The highest BCUT2D eigenvalue weighted by atomic mass is 16.5. The van der Waals surface area contributed by atoms with E-state index in [1.165, 1.54) is 6.08 Å². The third kappa shape index (κ3) is 5.20. The molecule has 0 amide bonds. The van der Waals surface area contributed by atoms with Gasteiger partial charge >= 0.3 is 5.97 Å². The van der Waals surface area contributed by atoms with E-state index in [4.69, 9.17) is 9.47 Å². The van der Waals surface area contributed by atoms with E-state index in [2.05, 4.69) is 0 Å². The van der Waals surface area contributed by atoms with Crippen LogP contribution in [0, 0.1) is 0 Å². The molecule has 0 N–H and O–H groups in total. The summed E-state index contributed by atoms with van der Waals surface area (Å²) in [6.07, 6.45) is 3.87. The standard InChI is InChI=1S/C13H16O3/c1-2-15-13(14)10-6-7-11-16-12-8-4-3-5-9-12/h3-6,8-10H,2,7,11H2,1H3. The van der Waals surface area contributed by atoms with Gasteiger partial charge in [-0.05, 0) is 25.5 Å². The van der Waals surface area contributed by atoms with Crippen LogP contribution in [0.25, 0.3) is 0 Å². The van der Waals surface area contributed by atoms with Crippen molar-refractivity contribution >= 4 is 5.97 Å². The van der Waals surface area contributed by atoms with Crippen LogP contribution in [0.2, 0.25) is 0 Å². The summed E-state index contributed by atoms with van der Waals surface area (Å²) in [5.74, 6) is 0.536. The minimum atomic E-state index is -0.304. The molecule has 0 aliphatic rings. The van der Waals surface area contributed by atoms with Gasteiger partial charge in [0.05, 0.1) is 13.2 Å². The quantitative estimate of drug-likeness (QED) is 0.420. The first-order valence-corrected chi connectivity index (χ1v) is 5.34. The van der Waals surface area contributed by atoms with Crippen LogP contribution in [0.1, 0.15) is 13.3 Å². The summed E-state index contributed by atoms with van der Waals surface area (Å²) in [6.45, 7) is 2.74. The second kappa shape index (κ2) is 7.51. The van der Waals surface area contributed by atoms with Crippen molar-refractivity contribution in [2.75, 3.05) is 13.2 Å². The lowest BCUT2D eigenvalue weighted by Gasteiger charge is -2.02. The Labute approximate surface area is 95.7 Å². The maximum atomic E-state index is 10.9. The van der Waals surface area contributed by atoms with Crippen molar-refractivity contribution in [1.82, 2.24) is 0 Å². The molecule has 3 nitrogen and oxygen atoms in total. The zero-order valence-corrected chi connectivity index (χ0v) is 9.39. The lowest BCUT2D eigenvalue weighted by atomic mass is 10.3. The number of rotatable bonds is 6. The highest BCUT2D eigenvalue weighted by Gasteiger charge is 1.93. The fourth-order valence-electron chi connectivity index (χ4n) is 1.13. The van der Waals surface area contributed by atoms with E-state index >= 15 is 0 Å². The van der Waals surface area contributed by atoms with Gasteiger partial charge in [-0.2, -0.15) is 0 Å². The molecule has 0 radical (unpaired) electrons. The number of para-hydroxylation sites is 1. The summed E-state index contributed by atoms with van der Waals surface area (Å²) >= 11 is 0. The zero-order valence-electron chi connectivity index (χ0n) is 9.39. The molecule has 1 rings (SSSR count). The van der Waals surface area contributed by atoms with Gasteiger partial charge in [-0.25, -0.2) is 4.79 Å². The summed E-state index contributed by atoms with van der Waals surface area (Å²) in [4.78, 5) is 10.9. The largest absolute Gasteiger partial charge is 0.493 e. The van der Waals surface area contributed by atoms with Gasteiger partial charge < -0.3 is 9.47 Å². The van der Waals surface area contributed by atoms with Crippen LogP contribution in [0.15, 0.2) is 42.5 Å². The second-order valence-electron chi connectivity index (χ2n) is 3.10. The SMILES string of the molecule is CCOC(=O)C=CCCOc1ccccc1. The predicted molar refractivity (Wildman–Crippen MR) is 62.3 cm³/mol. The molecule has 1 aromatic rings. The summed E-state index contributed by atoms with van der Waals surface area (Å²) in [7, 11) is 0. The number of esters is 1. The smallest absolute Gasteiger partial charge is 0.330 e. The Hall–Kier alpha value is -1.77. The third-order valence-electron chi connectivity index (χ3n) is 1.84. The second-order valence-corrected chi connectivity index (χ2v) is 3.10. The molecule has 1 aromatic carbocycles. The molecule has 86 valence electrons. The molecule has 0 aliphatic carbocycles. The average molecular weight is 220 g/mol. The molecule has 3 heteroatoms. The summed E-state index contributed by atoms with van der Waals surface area (Å²) in [5, 5.41) is 0. The first-order valence-electron chi connectivity index (χ1n) is 5.34. The number of benzene rings is 1. The first-order chi connectivity index (χ1) is 7.83. The van der Waals surface area contributed by atoms with Gasteiger partial charge in [0.2, 0.25) is 0 Å². The summed E-state index contributed by atoms with van der Waals surface area (Å²) in [6, 6.07) is 9.57. The van der Waals surface area contributed by atoms with Crippen LogP contribution in [0.4, 0.5) is 0 Å². The Morgan fingerprint density at radius 1 is 1.31 bits per heavy atom. The van der Waals surface area contributed by atoms with Gasteiger partial charge in [-0.3, -0.25) is 0 Å². The molecule has 0 bridgehead atoms. The third-order valence-corrected chi connectivity index (χ3v) is 1.84. The van der Waals surface area contributed by atoms with Crippen molar-refractivity contribution in [3.05, 3.63) is 42.5 Å². The molecule has 0 heterocycles. The van der Waals surface area contributed by atoms with Crippen molar-refractivity contribution in [3.63, 3.8) is 0 Å². The van der Waals surface area contributed by atoms with Crippen molar-refractivity contribution in [3.8, 4) is 5.75 Å². The van der Waals surface area contributed by atoms with Crippen LogP contribution in [-0.4, -0.2) is 19.2 Å². The highest BCUT2D eigenvalue weighted by Crippen LogP contribution is 2.08. The van der Waals surface area contributed by atoms with E-state index in [1.807, 2.05) is 30.3 Å². The lowest BCUT2D eigenvalue weighted by Crippen LogP contribution is -2.00. The molecular formula is C13H16O3. The van der Waals surface area contributed by atoms with Crippen molar-refractivity contribution in [2.24, 2.45) is 0 Å². The normalized spacial score (nSPS) is 10.3. The van der Waals surface area contributed by atoms with Crippen molar-refractivity contribution in [2.45, 2.75) is 13.3 Å². The van der Waals surface area contributed by atoms with E-state index in [-0.39, 0.29) is 5.97 Å². The minimum absolute atomic E-state index is 0.304. The molecule has 0 aromatic heterocycles. The Bertz CT molecular complexity index is 330. The molecule has 16 heavy (non-hydrogen) atoms. The Morgan fingerprint density at radius 3 is 2.75 bits per heavy atom. The van der Waals surface area contributed by atoms with Crippen LogP contribution in [0.3, 0.4) is 0 Å². The number of hydrogen-bond acceptors (Lipinski definition) is 3. The predicted octanol–water partition coefficient (Wildman–Crippen LogP) is 2.57. The van der Waals surface area contributed by atoms with E-state index in [9.17, 15) is 4.79 Å². The lowest BCUT2D eigenvalue weighted by molar-refractivity contribution is -0.137. The molecule has 0 spiro atoms. The van der Waals surface area contributed by atoms with Crippen LogP contribution >= 0.6 is 0 Å². The fraction of sp³-hybridized carbons (Fsp3) is 0.308. The molecular weight excluding hydrogens is 204 g/mol. The number of carbonyl (C=O) groups excluding carboxylic acids is 1. The number of ether oxygens (including phenoxy) is 2. The molecule has 0 fully saturated rings. The fourth-order valence-corrected chi connectivity index (χ4v) is 1.13. The van der Waals surface area contributed by atoms with Gasteiger partial charge in [0, 0.05) is 6.08 Å². The van der Waals surface area contributed by atoms with E-state index < -0.39 is 0 Å². The van der Waals surface area contributed by atoms with Crippen molar-refractivity contribution < 1.29 is 14.3 Å². The average Bonchev–Trinajstić information content (AvgIpc) is 2.30. The van der Waals surface area contributed by atoms with Crippen molar-refractivity contribution in [1.29, 1.82) is 0 Å². The molecule has 0 aliphatic heterocycles. The first kappa shape index (κ1) is 12.3. The Kier molecular flexibility index (Phi) is 5.78. The van der Waals surface area contributed by atoms with Crippen LogP contribution in [-0.2, 0) is 9.53 Å². The summed E-state index contributed by atoms with van der Waals surface area (Å²) < 4.78 is 10.2. The van der Waals surface area contributed by atoms with Gasteiger partial charge in [0.25, 0.3) is 0 Å². The monoisotopic (exact) mass is 220 g/mol. The molecule has 0 atom stereocenters.